The highest BCUT2D eigenvalue weighted by molar-refractivity contribution is 5.94. The highest BCUT2D eigenvalue weighted by Crippen LogP contribution is 2.09. The molecule has 202 valence electrons. The third-order valence-corrected chi connectivity index (χ3v) is 5.77. The van der Waals surface area contributed by atoms with E-state index < -0.39 is 42.1 Å². The van der Waals surface area contributed by atoms with Crippen molar-refractivity contribution in [3.05, 3.63) is 24.3 Å². The first-order valence-electron chi connectivity index (χ1n) is 12.2. The van der Waals surface area contributed by atoms with Gasteiger partial charge in [-0.2, -0.15) is 0 Å². The number of urea groups is 1. The van der Waals surface area contributed by atoms with Crippen LogP contribution in [-0.4, -0.2) is 67.5 Å². The molecule has 0 aromatic heterocycles. The fraction of sp³-hybridized carbons (Fsp3) is 0.640. The topological polar surface area (TPSA) is 155 Å². The molecule has 5 amide bonds. The molecule has 2 unspecified atom stereocenters. The SMILES string of the molecule is C=C(C)[C@H](NC(=O)NC(C(=O)OC)C(C)C)C(=O)N[C@H]1CCCCNC(=O)/C=C/C(C(C)C)NC1=O. The van der Waals surface area contributed by atoms with E-state index in [9.17, 15) is 24.0 Å². The van der Waals surface area contributed by atoms with Crippen molar-refractivity contribution in [1.29, 1.82) is 0 Å². The first-order valence-corrected chi connectivity index (χ1v) is 12.2. The van der Waals surface area contributed by atoms with Crippen LogP contribution in [0.5, 0.6) is 0 Å². The second-order valence-corrected chi connectivity index (χ2v) is 9.63. The van der Waals surface area contributed by atoms with Gasteiger partial charge in [0.05, 0.1) is 7.11 Å². The molecule has 11 nitrogen and oxygen atoms in total. The summed E-state index contributed by atoms with van der Waals surface area (Å²) >= 11 is 0. The molecule has 0 aromatic rings. The van der Waals surface area contributed by atoms with Gasteiger partial charge in [-0.15, -0.1) is 0 Å². The number of carbonyl (C=O) groups excluding carboxylic acids is 5. The van der Waals surface area contributed by atoms with Gasteiger partial charge in [0.15, 0.2) is 0 Å². The quantitative estimate of drug-likeness (QED) is 0.243. The second-order valence-electron chi connectivity index (χ2n) is 9.63. The number of esters is 1. The van der Waals surface area contributed by atoms with Crippen LogP contribution in [-0.2, 0) is 23.9 Å². The van der Waals surface area contributed by atoms with Gasteiger partial charge in [0, 0.05) is 18.7 Å². The third-order valence-electron chi connectivity index (χ3n) is 5.77. The van der Waals surface area contributed by atoms with E-state index in [0.717, 1.165) is 0 Å². The third kappa shape index (κ3) is 10.1. The standard InChI is InChI=1S/C25H41N5O6/c1-14(2)17-11-12-19(31)26-13-9-8-10-18(22(32)27-17)28-23(33)20(15(3)4)29-25(35)30-21(16(5)6)24(34)36-7/h11-12,14,16-18,20-21H,3,8-10,13H2,1-2,4-7H3,(H,26,31)(H,27,32)(H,28,33)(H2,29,30,35)/b12-11+/t17?,18-,20-,21?/m0/s1. The first kappa shape index (κ1) is 30.7. The maximum Gasteiger partial charge on any atom is 0.328 e. The molecule has 36 heavy (non-hydrogen) atoms. The lowest BCUT2D eigenvalue weighted by atomic mass is 10.0. The summed E-state index contributed by atoms with van der Waals surface area (Å²) in [7, 11) is 1.23. The van der Waals surface area contributed by atoms with Crippen molar-refractivity contribution in [3.8, 4) is 0 Å². The Bertz CT molecular complexity index is 854. The van der Waals surface area contributed by atoms with E-state index in [1.807, 2.05) is 13.8 Å². The van der Waals surface area contributed by atoms with Crippen LogP contribution in [0.4, 0.5) is 4.79 Å². The van der Waals surface area contributed by atoms with Crippen molar-refractivity contribution >= 4 is 29.7 Å². The lowest BCUT2D eigenvalue weighted by Gasteiger charge is -2.27. The highest BCUT2D eigenvalue weighted by Gasteiger charge is 2.30. The zero-order valence-electron chi connectivity index (χ0n) is 22.1. The summed E-state index contributed by atoms with van der Waals surface area (Å²) in [6, 6.07) is -4.04. The Labute approximate surface area is 213 Å². The van der Waals surface area contributed by atoms with Gasteiger partial charge >= 0.3 is 12.0 Å². The van der Waals surface area contributed by atoms with Crippen molar-refractivity contribution < 1.29 is 28.7 Å². The fourth-order valence-corrected chi connectivity index (χ4v) is 3.51. The Kier molecular flexibility index (Phi) is 12.7. The Balaban J connectivity index is 2.99. The molecule has 0 saturated carbocycles. The van der Waals surface area contributed by atoms with Gasteiger partial charge in [-0.25, -0.2) is 9.59 Å². The van der Waals surface area contributed by atoms with Crippen LogP contribution >= 0.6 is 0 Å². The molecule has 5 N–H and O–H groups in total. The van der Waals surface area contributed by atoms with Gasteiger partial charge < -0.3 is 31.3 Å². The summed E-state index contributed by atoms with van der Waals surface area (Å²) in [5.41, 5.74) is 0.348. The summed E-state index contributed by atoms with van der Waals surface area (Å²) in [4.78, 5) is 62.6. The van der Waals surface area contributed by atoms with Gasteiger partial charge in [0.2, 0.25) is 17.7 Å². The van der Waals surface area contributed by atoms with Crippen LogP contribution in [0.15, 0.2) is 24.3 Å². The summed E-state index contributed by atoms with van der Waals surface area (Å²) in [6.45, 7) is 13.1. The number of amides is 5. The van der Waals surface area contributed by atoms with E-state index in [2.05, 4.69) is 33.2 Å². The molecular weight excluding hydrogens is 466 g/mol. The van der Waals surface area contributed by atoms with Crippen LogP contribution < -0.4 is 26.6 Å². The molecular formula is C25H41N5O6. The molecule has 0 saturated heterocycles. The number of nitrogens with one attached hydrogen (secondary N) is 5. The molecule has 0 spiro atoms. The minimum Gasteiger partial charge on any atom is -0.467 e. The van der Waals surface area contributed by atoms with Gasteiger partial charge in [-0.1, -0.05) is 40.3 Å². The molecule has 4 atom stereocenters. The maximum atomic E-state index is 13.1. The van der Waals surface area contributed by atoms with Crippen molar-refractivity contribution in [3.63, 3.8) is 0 Å². The Morgan fingerprint density at radius 2 is 1.78 bits per heavy atom. The Hall–Kier alpha value is -3.37. The lowest BCUT2D eigenvalue weighted by Crippen LogP contribution is -2.58. The van der Waals surface area contributed by atoms with Crippen LogP contribution in [0.3, 0.4) is 0 Å². The van der Waals surface area contributed by atoms with Crippen LogP contribution in [0, 0.1) is 11.8 Å². The predicted molar refractivity (Wildman–Crippen MR) is 136 cm³/mol. The van der Waals surface area contributed by atoms with Gasteiger partial charge in [0.25, 0.3) is 0 Å². The number of carbonyl (C=O) groups is 5. The smallest absolute Gasteiger partial charge is 0.328 e. The van der Waals surface area contributed by atoms with Crippen molar-refractivity contribution in [2.75, 3.05) is 13.7 Å². The minimum atomic E-state index is -1.13. The summed E-state index contributed by atoms with van der Waals surface area (Å²) in [5, 5.41) is 13.4. The van der Waals surface area contributed by atoms with Crippen molar-refractivity contribution in [2.45, 2.75) is 78.0 Å². The first-order chi connectivity index (χ1) is 16.9. The molecule has 1 rings (SSSR count). The zero-order valence-corrected chi connectivity index (χ0v) is 22.1. The molecule has 0 bridgehead atoms. The molecule has 11 heteroatoms. The average molecular weight is 508 g/mol. The molecule has 1 aliphatic heterocycles. The zero-order chi connectivity index (χ0) is 27.4. The molecule has 0 radical (unpaired) electrons. The molecule has 0 aromatic carbocycles. The van der Waals surface area contributed by atoms with E-state index in [1.165, 1.54) is 13.2 Å². The number of hydrogen-bond acceptors (Lipinski definition) is 6. The number of rotatable bonds is 8. The van der Waals surface area contributed by atoms with Crippen molar-refractivity contribution in [2.24, 2.45) is 11.8 Å². The van der Waals surface area contributed by atoms with Crippen molar-refractivity contribution in [1.82, 2.24) is 26.6 Å². The maximum absolute atomic E-state index is 13.1. The average Bonchev–Trinajstić information content (AvgIpc) is 2.80. The summed E-state index contributed by atoms with van der Waals surface area (Å²) < 4.78 is 4.73. The van der Waals surface area contributed by atoms with E-state index in [0.29, 0.717) is 31.4 Å². The fourth-order valence-electron chi connectivity index (χ4n) is 3.51. The summed E-state index contributed by atoms with van der Waals surface area (Å²) in [6.07, 6.45) is 4.58. The van der Waals surface area contributed by atoms with Crippen LogP contribution in [0.1, 0.15) is 53.9 Å². The second kappa shape index (κ2) is 14.9. The number of methoxy groups -OCH3 is 1. The van der Waals surface area contributed by atoms with Crippen LogP contribution in [0.2, 0.25) is 0 Å². The van der Waals surface area contributed by atoms with E-state index in [1.54, 1.807) is 26.8 Å². The van der Waals surface area contributed by atoms with Crippen LogP contribution in [0.25, 0.3) is 0 Å². The van der Waals surface area contributed by atoms with Gasteiger partial charge in [0.1, 0.15) is 18.1 Å². The van der Waals surface area contributed by atoms with Gasteiger partial charge in [-0.05, 0) is 43.6 Å². The normalized spacial score (nSPS) is 21.6. The molecule has 1 heterocycles. The van der Waals surface area contributed by atoms with E-state index >= 15 is 0 Å². The Morgan fingerprint density at radius 3 is 2.33 bits per heavy atom. The Morgan fingerprint density at radius 1 is 1.11 bits per heavy atom. The lowest BCUT2D eigenvalue weighted by molar-refractivity contribution is -0.144. The molecule has 0 aliphatic carbocycles. The minimum absolute atomic E-state index is 0.00883. The molecule has 0 fully saturated rings. The highest BCUT2D eigenvalue weighted by atomic mass is 16.5. The van der Waals surface area contributed by atoms with Gasteiger partial charge in [-0.3, -0.25) is 14.4 Å². The van der Waals surface area contributed by atoms with E-state index in [4.69, 9.17) is 4.74 Å². The number of hydrogen-bond donors (Lipinski definition) is 5. The monoisotopic (exact) mass is 507 g/mol. The molecule has 1 aliphatic rings. The summed E-state index contributed by atoms with van der Waals surface area (Å²) in [5.74, 6) is -2.05. The predicted octanol–water partition coefficient (Wildman–Crippen LogP) is 0.910. The number of ether oxygens (including phenoxy) is 1. The van der Waals surface area contributed by atoms with E-state index in [-0.39, 0.29) is 23.7 Å². The largest absolute Gasteiger partial charge is 0.467 e.